The Morgan fingerprint density at radius 3 is 2.87 bits per heavy atom. The van der Waals surface area contributed by atoms with Crippen LogP contribution in [0.25, 0.3) is 0 Å². The topological polar surface area (TPSA) is 67.0 Å². The largest absolute Gasteiger partial charge is 0.486 e. The Hall–Kier alpha value is -2.79. The fourth-order valence-corrected chi connectivity index (χ4v) is 2.23. The fourth-order valence-electron chi connectivity index (χ4n) is 2.00. The lowest BCUT2D eigenvalue weighted by Crippen LogP contribution is -2.10. The number of H-pyrrole nitrogens is 1. The molecule has 5 nitrogen and oxygen atoms in total. The highest BCUT2D eigenvalue weighted by Gasteiger charge is 2.09. The molecule has 0 aliphatic heterocycles. The summed E-state index contributed by atoms with van der Waals surface area (Å²) in [6, 6.07) is 12.4. The molecular weight excluding hydrogens is 314 g/mol. The number of anilines is 1. The molecule has 0 aliphatic rings. The molecule has 1 aromatic carbocycles. The van der Waals surface area contributed by atoms with E-state index in [0.717, 1.165) is 5.69 Å². The van der Waals surface area contributed by atoms with Crippen LogP contribution in [-0.4, -0.2) is 15.9 Å². The molecule has 0 radical (unpaired) electrons. The van der Waals surface area contributed by atoms with Crippen molar-refractivity contribution in [1.29, 1.82) is 0 Å². The number of hydrogen-bond acceptors (Lipinski definition) is 3. The first-order valence-corrected chi connectivity index (χ1v) is 7.36. The summed E-state index contributed by atoms with van der Waals surface area (Å²) in [5.41, 5.74) is 1.97. The SMILES string of the molecule is O=C(Nc1ccc(OCc2ccccn2)c(Cl)c1)c1cc[nH]c1. The van der Waals surface area contributed by atoms with Crippen LogP contribution in [0.3, 0.4) is 0 Å². The summed E-state index contributed by atoms with van der Waals surface area (Å²) in [6.45, 7) is 0.329. The van der Waals surface area contributed by atoms with Crippen molar-refractivity contribution in [1.82, 2.24) is 9.97 Å². The first-order chi connectivity index (χ1) is 11.2. The van der Waals surface area contributed by atoms with E-state index in [1.807, 2.05) is 18.2 Å². The lowest BCUT2D eigenvalue weighted by atomic mass is 10.2. The first-order valence-electron chi connectivity index (χ1n) is 6.99. The van der Waals surface area contributed by atoms with Crippen LogP contribution in [0.2, 0.25) is 5.02 Å². The molecule has 0 bridgehead atoms. The van der Waals surface area contributed by atoms with E-state index >= 15 is 0 Å². The van der Waals surface area contributed by atoms with Gasteiger partial charge in [0.15, 0.2) is 0 Å². The average Bonchev–Trinajstić information content (AvgIpc) is 3.10. The second-order valence-corrected chi connectivity index (χ2v) is 5.22. The highest BCUT2D eigenvalue weighted by atomic mass is 35.5. The van der Waals surface area contributed by atoms with Crippen molar-refractivity contribution in [3.05, 3.63) is 77.3 Å². The minimum absolute atomic E-state index is 0.204. The monoisotopic (exact) mass is 327 g/mol. The molecule has 0 aliphatic carbocycles. The number of halogens is 1. The van der Waals surface area contributed by atoms with Crippen LogP contribution in [-0.2, 0) is 6.61 Å². The van der Waals surface area contributed by atoms with Crippen LogP contribution in [0.1, 0.15) is 16.1 Å². The van der Waals surface area contributed by atoms with E-state index in [1.165, 1.54) is 0 Å². The van der Waals surface area contributed by atoms with Gasteiger partial charge in [0.25, 0.3) is 5.91 Å². The van der Waals surface area contributed by atoms with Crippen molar-refractivity contribution in [2.24, 2.45) is 0 Å². The van der Waals surface area contributed by atoms with Crippen molar-refractivity contribution < 1.29 is 9.53 Å². The van der Waals surface area contributed by atoms with Crippen LogP contribution in [0.4, 0.5) is 5.69 Å². The second-order valence-electron chi connectivity index (χ2n) is 4.81. The molecular formula is C17H14ClN3O2. The third-order valence-electron chi connectivity index (χ3n) is 3.15. The van der Waals surface area contributed by atoms with Gasteiger partial charge in [0.05, 0.1) is 16.3 Å². The average molecular weight is 328 g/mol. The van der Waals surface area contributed by atoms with Gasteiger partial charge in [-0.25, -0.2) is 0 Å². The maximum Gasteiger partial charge on any atom is 0.257 e. The standard InChI is InChI=1S/C17H14ClN3O2/c18-15-9-13(21-17(22)12-6-8-19-10-12)4-5-16(15)23-11-14-3-1-2-7-20-14/h1-10,19H,11H2,(H,21,22). The van der Waals surface area contributed by atoms with Gasteiger partial charge in [-0.15, -0.1) is 0 Å². The number of amides is 1. The fraction of sp³-hybridized carbons (Fsp3) is 0.0588. The number of ether oxygens (including phenoxy) is 1. The Morgan fingerprint density at radius 1 is 1.26 bits per heavy atom. The van der Waals surface area contributed by atoms with Gasteiger partial charge in [0.1, 0.15) is 12.4 Å². The number of hydrogen-bond donors (Lipinski definition) is 2. The number of aromatic nitrogens is 2. The van der Waals surface area contributed by atoms with Gasteiger partial charge < -0.3 is 15.0 Å². The first kappa shape index (κ1) is 15.1. The third-order valence-corrected chi connectivity index (χ3v) is 3.45. The smallest absolute Gasteiger partial charge is 0.257 e. The predicted octanol–water partition coefficient (Wildman–Crippen LogP) is 3.89. The quantitative estimate of drug-likeness (QED) is 0.747. The van der Waals surface area contributed by atoms with Crippen molar-refractivity contribution in [3.63, 3.8) is 0 Å². The van der Waals surface area contributed by atoms with E-state index in [4.69, 9.17) is 16.3 Å². The lowest BCUT2D eigenvalue weighted by molar-refractivity contribution is 0.102. The van der Waals surface area contributed by atoms with Crippen LogP contribution < -0.4 is 10.1 Å². The van der Waals surface area contributed by atoms with Crippen LogP contribution in [0.5, 0.6) is 5.75 Å². The summed E-state index contributed by atoms with van der Waals surface area (Å²) in [7, 11) is 0. The molecule has 1 amide bonds. The van der Waals surface area contributed by atoms with Crippen molar-refractivity contribution in [2.75, 3.05) is 5.32 Å². The molecule has 2 aromatic heterocycles. The van der Waals surface area contributed by atoms with Crippen LogP contribution >= 0.6 is 11.6 Å². The van der Waals surface area contributed by atoms with Crippen molar-refractivity contribution in [3.8, 4) is 5.75 Å². The van der Waals surface area contributed by atoms with Gasteiger partial charge in [-0.05, 0) is 36.4 Å². The van der Waals surface area contributed by atoms with Gasteiger partial charge in [-0.3, -0.25) is 9.78 Å². The van der Waals surface area contributed by atoms with Gasteiger partial charge in [-0.1, -0.05) is 17.7 Å². The number of nitrogens with zero attached hydrogens (tertiary/aromatic N) is 1. The molecule has 0 atom stereocenters. The Kier molecular flexibility index (Phi) is 4.59. The van der Waals surface area contributed by atoms with E-state index in [1.54, 1.807) is 42.9 Å². The maximum absolute atomic E-state index is 12.0. The second kappa shape index (κ2) is 6.98. The van der Waals surface area contributed by atoms with Gasteiger partial charge in [0.2, 0.25) is 0 Å². The van der Waals surface area contributed by atoms with E-state index in [2.05, 4.69) is 15.3 Å². The summed E-state index contributed by atoms with van der Waals surface area (Å²) in [5.74, 6) is 0.335. The molecule has 0 spiro atoms. The molecule has 0 fully saturated rings. The highest BCUT2D eigenvalue weighted by molar-refractivity contribution is 6.32. The van der Waals surface area contributed by atoms with Crippen molar-refractivity contribution >= 4 is 23.2 Å². The Morgan fingerprint density at radius 2 is 2.17 bits per heavy atom. The summed E-state index contributed by atoms with van der Waals surface area (Å²) in [6.07, 6.45) is 5.03. The molecule has 3 rings (SSSR count). The number of carbonyl (C=O) groups excluding carboxylic acids is 1. The minimum atomic E-state index is -0.204. The number of nitrogens with one attached hydrogen (secondary N) is 2. The zero-order valence-electron chi connectivity index (χ0n) is 12.1. The van der Waals surface area contributed by atoms with Gasteiger partial charge >= 0.3 is 0 Å². The third kappa shape index (κ3) is 3.90. The minimum Gasteiger partial charge on any atom is -0.486 e. The Labute approximate surface area is 138 Å². The number of benzene rings is 1. The molecule has 0 saturated carbocycles. The Bertz CT molecular complexity index is 789. The molecule has 2 heterocycles. The molecule has 0 saturated heterocycles. The number of carbonyl (C=O) groups is 1. The molecule has 6 heteroatoms. The van der Waals surface area contributed by atoms with E-state index in [0.29, 0.717) is 28.6 Å². The molecule has 0 unspecified atom stereocenters. The van der Waals surface area contributed by atoms with E-state index in [-0.39, 0.29) is 5.91 Å². The zero-order valence-corrected chi connectivity index (χ0v) is 12.9. The lowest BCUT2D eigenvalue weighted by Gasteiger charge is -2.10. The van der Waals surface area contributed by atoms with Crippen molar-refractivity contribution in [2.45, 2.75) is 6.61 Å². The molecule has 3 aromatic rings. The van der Waals surface area contributed by atoms with E-state index in [9.17, 15) is 4.79 Å². The van der Waals surface area contributed by atoms with Gasteiger partial charge in [-0.2, -0.15) is 0 Å². The van der Waals surface area contributed by atoms with E-state index < -0.39 is 0 Å². The predicted molar refractivity (Wildman–Crippen MR) is 88.8 cm³/mol. The number of pyridine rings is 1. The number of rotatable bonds is 5. The number of aromatic amines is 1. The van der Waals surface area contributed by atoms with Crippen LogP contribution in [0, 0.1) is 0 Å². The summed E-state index contributed by atoms with van der Waals surface area (Å²) < 4.78 is 5.64. The maximum atomic E-state index is 12.0. The van der Waals surface area contributed by atoms with Crippen LogP contribution in [0.15, 0.2) is 61.1 Å². The summed E-state index contributed by atoms with van der Waals surface area (Å²) in [4.78, 5) is 19.0. The van der Waals surface area contributed by atoms with Gasteiger partial charge in [0, 0.05) is 24.3 Å². The highest BCUT2D eigenvalue weighted by Crippen LogP contribution is 2.28. The molecule has 23 heavy (non-hydrogen) atoms. The Balaban J connectivity index is 1.65. The summed E-state index contributed by atoms with van der Waals surface area (Å²) in [5, 5.41) is 3.20. The summed E-state index contributed by atoms with van der Waals surface area (Å²) >= 11 is 6.20. The zero-order chi connectivity index (χ0) is 16.1. The molecule has 2 N–H and O–H groups in total. The molecule has 116 valence electrons. The normalized spacial score (nSPS) is 10.3.